The molecule has 4 rings (SSSR count). The van der Waals surface area contributed by atoms with Gasteiger partial charge in [0, 0.05) is 17.7 Å². The van der Waals surface area contributed by atoms with Crippen molar-refractivity contribution in [1.82, 2.24) is 19.8 Å². The third-order valence-electron chi connectivity index (χ3n) is 4.09. The maximum absolute atomic E-state index is 12.6. The van der Waals surface area contributed by atoms with Crippen molar-refractivity contribution in [3.05, 3.63) is 59.9 Å². The summed E-state index contributed by atoms with van der Waals surface area (Å²) in [4.78, 5) is 13.4. The molecule has 0 aliphatic carbocycles. The van der Waals surface area contributed by atoms with Gasteiger partial charge >= 0.3 is 0 Å². The number of fused-ring (bicyclic) bond motifs is 1. The second kappa shape index (κ2) is 7.16. The van der Waals surface area contributed by atoms with Gasteiger partial charge in [-0.1, -0.05) is 42.5 Å². The van der Waals surface area contributed by atoms with E-state index >= 15 is 0 Å². The molecule has 0 bridgehead atoms. The Morgan fingerprint density at radius 1 is 1.19 bits per heavy atom. The maximum atomic E-state index is 12.6. The van der Waals surface area contributed by atoms with Crippen molar-refractivity contribution in [2.24, 2.45) is 0 Å². The highest BCUT2D eigenvalue weighted by molar-refractivity contribution is 7.19. The van der Waals surface area contributed by atoms with E-state index in [-0.39, 0.29) is 5.91 Å². The molecule has 7 nitrogen and oxygen atoms in total. The third kappa shape index (κ3) is 3.26. The van der Waals surface area contributed by atoms with Gasteiger partial charge in [0.25, 0.3) is 5.91 Å². The van der Waals surface area contributed by atoms with E-state index < -0.39 is 0 Å². The Balaban J connectivity index is 1.62. The normalized spacial score (nSPS) is 10.9. The minimum atomic E-state index is -0.226. The number of nitrogens with zero attached hydrogens (tertiary/aromatic N) is 4. The minimum absolute atomic E-state index is 0.226. The van der Waals surface area contributed by atoms with Crippen LogP contribution in [0.4, 0.5) is 5.69 Å². The second-order valence-corrected chi connectivity index (χ2v) is 6.76. The molecule has 0 saturated heterocycles. The number of para-hydroxylation sites is 1. The number of rotatable bonds is 5. The van der Waals surface area contributed by atoms with Crippen LogP contribution in [0.2, 0.25) is 0 Å². The third-order valence-corrected chi connectivity index (χ3v) is 5.04. The fraction of sp³-hybridized carbons (Fsp3) is 0.158. The van der Waals surface area contributed by atoms with Crippen molar-refractivity contribution in [1.29, 1.82) is 0 Å². The molecule has 0 saturated carbocycles. The fourth-order valence-electron chi connectivity index (χ4n) is 2.76. The van der Waals surface area contributed by atoms with Crippen LogP contribution >= 0.6 is 11.3 Å². The number of hydrogen-bond acceptors (Lipinski definition) is 6. The summed E-state index contributed by atoms with van der Waals surface area (Å²) in [6.07, 6.45) is 0.763. The highest BCUT2D eigenvalue weighted by Crippen LogP contribution is 2.28. The molecule has 0 fully saturated rings. The largest absolute Gasteiger partial charge is 0.496 e. The molecule has 0 atom stereocenters. The molecule has 2 aromatic heterocycles. The van der Waals surface area contributed by atoms with Crippen LogP contribution < -0.4 is 10.1 Å². The molecule has 4 aromatic rings. The van der Waals surface area contributed by atoms with Crippen LogP contribution in [0.1, 0.15) is 23.1 Å². The average molecular weight is 379 g/mol. The van der Waals surface area contributed by atoms with Crippen LogP contribution in [0.15, 0.2) is 48.5 Å². The SMILES string of the molecule is CCc1nnc2sc(-c3cccc(NC(=O)c4ccccc4OC)c3)nn12. The molecule has 0 aliphatic rings. The first kappa shape index (κ1) is 17.2. The molecule has 0 aliphatic heterocycles. The molecule has 136 valence electrons. The topological polar surface area (TPSA) is 81.4 Å². The summed E-state index contributed by atoms with van der Waals surface area (Å²) in [6.45, 7) is 2.02. The average Bonchev–Trinajstić information content (AvgIpc) is 3.28. The summed E-state index contributed by atoms with van der Waals surface area (Å²) in [5, 5.41) is 16.6. The molecule has 2 heterocycles. The number of aryl methyl sites for hydroxylation is 1. The van der Waals surface area contributed by atoms with Crippen LogP contribution in [0, 0.1) is 0 Å². The summed E-state index contributed by atoms with van der Waals surface area (Å²) < 4.78 is 7.02. The number of anilines is 1. The van der Waals surface area contributed by atoms with Crippen LogP contribution in [0.3, 0.4) is 0 Å². The monoisotopic (exact) mass is 379 g/mol. The van der Waals surface area contributed by atoms with Crippen molar-refractivity contribution in [2.45, 2.75) is 13.3 Å². The van der Waals surface area contributed by atoms with Crippen LogP contribution in [-0.2, 0) is 6.42 Å². The lowest BCUT2D eigenvalue weighted by Gasteiger charge is -2.09. The van der Waals surface area contributed by atoms with E-state index in [0.717, 1.165) is 27.8 Å². The number of hydrogen-bond donors (Lipinski definition) is 1. The van der Waals surface area contributed by atoms with E-state index in [0.29, 0.717) is 17.0 Å². The van der Waals surface area contributed by atoms with Crippen LogP contribution in [0.25, 0.3) is 15.5 Å². The first-order chi connectivity index (χ1) is 13.2. The molecule has 0 spiro atoms. The smallest absolute Gasteiger partial charge is 0.259 e. The quantitative estimate of drug-likeness (QED) is 0.572. The Bertz CT molecular complexity index is 1120. The Morgan fingerprint density at radius 3 is 2.85 bits per heavy atom. The zero-order valence-electron chi connectivity index (χ0n) is 14.8. The van der Waals surface area contributed by atoms with Crippen molar-refractivity contribution in [2.75, 3.05) is 12.4 Å². The van der Waals surface area contributed by atoms with Crippen molar-refractivity contribution < 1.29 is 9.53 Å². The van der Waals surface area contributed by atoms with Gasteiger partial charge < -0.3 is 10.1 Å². The summed E-state index contributed by atoms with van der Waals surface area (Å²) in [6, 6.07) is 14.7. The van der Waals surface area contributed by atoms with Gasteiger partial charge in [-0.2, -0.15) is 9.61 Å². The van der Waals surface area contributed by atoms with Crippen LogP contribution in [0.5, 0.6) is 5.75 Å². The Labute approximate surface area is 159 Å². The standard InChI is InChI=1S/C19H17N5O2S/c1-3-16-21-22-19-24(16)23-18(27-19)12-7-6-8-13(11-12)20-17(25)14-9-4-5-10-15(14)26-2/h4-11H,3H2,1-2H3,(H,20,25). The number of ether oxygens (including phenoxy) is 1. The number of methoxy groups -OCH3 is 1. The predicted octanol–water partition coefficient (Wildman–Crippen LogP) is 3.68. The first-order valence-electron chi connectivity index (χ1n) is 8.45. The van der Waals surface area contributed by atoms with Gasteiger partial charge in [0.1, 0.15) is 10.8 Å². The van der Waals surface area contributed by atoms with E-state index in [4.69, 9.17) is 4.74 Å². The number of nitrogens with one attached hydrogen (secondary N) is 1. The molecule has 1 amide bonds. The first-order valence-corrected chi connectivity index (χ1v) is 9.27. The zero-order chi connectivity index (χ0) is 18.8. The van der Waals surface area contributed by atoms with Gasteiger partial charge in [-0.25, -0.2) is 0 Å². The van der Waals surface area contributed by atoms with Gasteiger partial charge in [0.2, 0.25) is 4.96 Å². The molecular formula is C19H17N5O2S. The Hall–Kier alpha value is -3.26. The molecule has 8 heteroatoms. The van der Waals surface area contributed by atoms with E-state index in [1.165, 1.54) is 11.3 Å². The van der Waals surface area contributed by atoms with Gasteiger partial charge in [0.05, 0.1) is 12.7 Å². The van der Waals surface area contributed by atoms with Gasteiger partial charge in [-0.3, -0.25) is 4.79 Å². The summed E-state index contributed by atoms with van der Waals surface area (Å²) >= 11 is 1.46. The minimum Gasteiger partial charge on any atom is -0.496 e. The highest BCUT2D eigenvalue weighted by Gasteiger charge is 2.14. The molecule has 27 heavy (non-hydrogen) atoms. The number of carbonyl (C=O) groups excluding carboxylic acids is 1. The molecule has 0 unspecified atom stereocenters. The van der Waals surface area contributed by atoms with Crippen molar-refractivity contribution in [3.8, 4) is 16.3 Å². The lowest BCUT2D eigenvalue weighted by molar-refractivity contribution is 0.102. The highest BCUT2D eigenvalue weighted by atomic mass is 32.1. The van der Waals surface area contributed by atoms with E-state index in [2.05, 4.69) is 20.6 Å². The van der Waals surface area contributed by atoms with Gasteiger partial charge in [0.15, 0.2) is 5.82 Å². The van der Waals surface area contributed by atoms with E-state index in [1.54, 1.807) is 29.8 Å². The molecule has 0 radical (unpaired) electrons. The maximum Gasteiger partial charge on any atom is 0.259 e. The molecular weight excluding hydrogens is 362 g/mol. The Morgan fingerprint density at radius 2 is 2.04 bits per heavy atom. The number of carbonyl (C=O) groups is 1. The lowest BCUT2D eigenvalue weighted by atomic mass is 10.1. The summed E-state index contributed by atoms with van der Waals surface area (Å²) in [7, 11) is 1.55. The lowest BCUT2D eigenvalue weighted by Crippen LogP contribution is -2.13. The van der Waals surface area contributed by atoms with Crippen molar-refractivity contribution >= 4 is 27.9 Å². The Kier molecular flexibility index (Phi) is 4.55. The van der Waals surface area contributed by atoms with Crippen LogP contribution in [-0.4, -0.2) is 32.8 Å². The van der Waals surface area contributed by atoms with Gasteiger partial charge in [-0.15, -0.1) is 10.2 Å². The summed E-state index contributed by atoms with van der Waals surface area (Å²) in [5.41, 5.74) is 2.08. The zero-order valence-corrected chi connectivity index (χ0v) is 15.7. The summed E-state index contributed by atoms with van der Waals surface area (Å²) in [5.74, 6) is 1.14. The second-order valence-electron chi connectivity index (χ2n) is 5.81. The van der Waals surface area contributed by atoms with Crippen molar-refractivity contribution in [3.63, 3.8) is 0 Å². The van der Waals surface area contributed by atoms with Gasteiger partial charge in [-0.05, 0) is 24.3 Å². The number of benzene rings is 2. The van der Waals surface area contributed by atoms with E-state index in [9.17, 15) is 4.79 Å². The molecule has 1 N–H and O–H groups in total. The number of aromatic nitrogens is 4. The predicted molar refractivity (Wildman–Crippen MR) is 104 cm³/mol. The molecule has 2 aromatic carbocycles. The van der Waals surface area contributed by atoms with E-state index in [1.807, 2.05) is 37.3 Å². The number of amides is 1. The fourth-order valence-corrected chi connectivity index (χ4v) is 3.61.